The Kier molecular flexibility index (Phi) is 5.13. The monoisotopic (exact) mass is 415 g/mol. The van der Waals surface area contributed by atoms with Crippen molar-refractivity contribution in [1.82, 2.24) is 24.2 Å². The third-order valence-electron chi connectivity index (χ3n) is 5.14. The lowest BCUT2D eigenvalue weighted by Gasteiger charge is -2.18. The summed E-state index contributed by atoms with van der Waals surface area (Å²) in [5.41, 5.74) is 3.09. The van der Waals surface area contributed by atoms with Crippen LogP contribution in [0.15, 0.2) is 79.1 Å². The van der Waals surface area contributed by atoms with E-state index in [9.17, 15) is 0 Å². The average Bonchev–Trinajstić information content (AvgIpc) is 2.98. The molecule has 0 N–H and O–H groups in total. The molecule has 150 valence electrons. The maximum atomic E-state index is 5.90. The van der Waals surface area contributed by atoms with Crippen LogP contribution in [0.25, 0.3) is 17.1 Å². The molecule has 2 aromatic carbocycles. The van der Waals surface area contributed by atoms with Crippen molar-refractivity contribution in [3.05, 3.63) is 89.5 Å². The minimum Gasteiger partial charge on any atom is -0.492 e. The van der Waals surface area contributed by atoms with E-state index >= 15 is 0 Å². The van der Waals surface area contributed by atoms with Crippen molar-refractivity contribution in [2.45, 2.75) is 13.2 Å². The molecular weight excluding hydrogens is 394 g/mol. The zero-order valence-corrected chi connectivity index (χ0v) is 17.2. The van der Waals surface area contributed by atoms with Gasteiger partial charge in [-0.15, -0.1) is 5.10 Å². The van der Waals surface area contributed by atoms with E-state index in [-0.39, 0.29) is 0 Å². The molecule has 4 aromatic rings. The fourth-order valence-electron chi connectivity index (χ4n) is 3.68. The van der Waals surface area contributed by atoms with Gasteiger partial charge >= 0.3 is 0 Å². The molecule has 1 aliphatic rings. The van der Waals surface area contributed by atoms with Crippen molar-refractivity contribution < 1.29 is 4.74 Å². The van der Waals surface area contributed by atoms with E-state index in [0.29, 0.717) is 18.0 Å². The Hall–Kier alpha value is -3.29. The molecular formula is C23H21N5OS. The van der Waals surface area contributed by atoms with Gasteiger partial charge in [-0.1, -0.05) is 36.4 Å². The highest BCUT2D eigenvalue weighted by molar-refractivity contribution is 7.71. The van der Waals surface area contributed by atoms with Gasteiger partial charge in [0.15, 0.2) is 5.82 Å². The Balaban J connectivity index is 1.53. The maximum Gasteiger partial charge on any atom is 0.204 e. The van der Waals surface area contributed by atoms with Crippen LogP contribution in [0.4, 0.5) is 0 Å². The largest absolute Gasteiger partial charge is 0.492 e. The molecule has 0 aliphatic carbocycles. The number of ether oxygens (including phenoxy) is 1. The van der Waals surface area contributed by atoms with Crippen molar-refractivity contribution in [2.75, 3.05) is 13.2 Å². The zero-order chi connectivity index (χ0) is 20.3. The van der Waals surface area contributed by atoms with Gasteiger partial charge in [-0.05, 0) is 42.5 Å². The van der Waals surface area contributed by atoms with Crippen LogP contribution < -0.4 is 4.74 Å². The fourth-order valence-corrected chi connectivity index (χ4v) is 3.97. The average molecular weight is 416 g/mol. The Morgan fingerprint density at radius 1 is 0.967 bits per heavy atom. The fraction of sp³-hybridized carbons (Fsp3) is 0.174. The molecule has 6 nitrogen and oxygen atoms in total. The van der Waals surface area contributed by atoms with Crippen LogP contribution in [0.5, 0.6) is 5.75 Å². The van der Waals surface area contributed by atoms with Gasteiger partial charge < -0.3 is 4.74 Å². The minimum atomic E-state index is 0.587. The Labute approximate surface area is 180 Å². The zero-order valence-electron chi connectivity index (χ0n) is 16.4. The Bertz CT molecular complexity index is 1200. The SMILES string of the molecule is S=c1n(CN2CCOc3ccccc3C2)nc(-c2cccnc2)n1-c1ccccc1. The molecule has 0 spiro atoms. The first kappa shape index (κ1) is 18.7. The number of nitrogens with zero attached hydrogens (tertiary/aromatic N) is 5. The van der Waals surface area contributed by atoms with Crippen LogP contribution >= 0.6 is 12.2 Å². The third-order valence-corrected chi connectivity index (χ3v) is 5.53. The molecule has 5 rings (SSSR count). The molecule has 3 heterocycles. The molecule has 0 saturated carbocycles. The third kappa shape index (κ3) is 3.65. The molecule has 0 bridgehead atoms. The Morgan fingerprint density at radius 2 is 1.80 bits per heavy atom. The van der Waals surface area contributed by atoms with Gasteiger partial charge in [0.05, 0.1) is 6.67 Å². The first-order valence-corrected chi connectivity index (χ1v) is 10.3. The maximum absolute atomic E-state index is 5.90. The molecule has 0 radical (unpaired) electrons. The van der Waals surface area contributed by atoms with Gasteiger partial charge in [-0.3, -0.25) is 14.5 Å². The number of aromatic nitrogens is 4. The number of rotatable bonds is 4. The predicted octanol–water partition coefficient (Wildman–Crippen LogP) is 4.32. The van der Waals surface area contributed by atoms with E-state index in [1.165, 1.54) is 5.56 Å². The van der Waals surface area contributed by atoms with Gasteiger partial charge in [0.1, 0.15) is 12.4 Å². The summed E-state index contributed by atoms with van der Waals surface area (Å²) in [6.07, 6.45) is 3.58. The van der Waals surface area contributed by atoms with E-state index in [2.05, 4.69) is 16.0 Å². The van der Waals surface area contributed by atoms with Crippen molar-refractivity contribution in [1.29, 1.82) is 0 Å². The van der Waals surface area contributed by atoms with Crippen LogP contribution in [0.2, 0.25) is 0 Å². The lowest BCUT2D eigenvalue weighted by molar-refractivity contribution is 0.177. The molecule has 0 saturated heterocycles. The second kappa shape index (κ2) is 8.22. The summed E-state index contributed by atoms with van der Waals surface area (Å²) in [4.78, 5) is 6.57. The van der Waals surface area contributed by atoms with Crippen LogP contribution in [0.1, 0.15) is 5.56 Å². The molecule has 0 amide bonds. The minimum absolute atomic E-state index is 0.587. The van der Waals surface area contributed by atoms with Crippen LogP contribution in [0.3, 0.4) is 0 Å². The van der Waals surface area contributed by atoms with E-state index < -0.39 is 0 Å². The first-order valence-electron chi connectivity index (χ1n) is 9.88. The molecule has 0 fully saturated rings. The summed E-state index contributed by atoms with van der Waals surface area (Å²) in [5.74, 6) is 1.74. The summed E-state index contributed by atoms with van der Waals surface area (Å²) in [7, 11) is 0. The van der Waals surface area contributed by atoms with Crippen molar-refractivity contribution >= 4 is 12.2 Å². The number of para-hydroxylation sites is 2. The van der Waals surface area contributed by atoms with Gasteiger partial charge in [0, 0.05) is 42.3 Å². The molecule has 0 atom stereocenters. The first-order chi connectivity index (χ1) is 14.8. The number of fused-ring (bicyclic) bond motifs is 1. The van der Waals surface area contributed by atoms with Crippen LogP contribution in [0, 0.1) is 4.77 Å². The van der Waals surface area contributed by atoms with Gasteiger partial charge in [0.25, 0.3) is 0 Å². The second-order valence-corrected chi connectivity index (χ2v) is 7.53. The number of pyridine rings is 1. The lowest BCUT2D eigenvalue weighted by atomic mass is 10.2. The normalized spacial score (nSPS) is 14.0. The van der Waals surface area contributed by atoms with Crippen LogP contribution in [-0.4, -0.2) is 37.4 Å². The molecule has 7 heteroatoms. The van der Waals surface area contributed by atoms with Gasteiger partial charge in [0.2, 0.25) is 4.77 Å². The summed E-state index contributed by atoms with van der Waals surface area (Å²) in [6, 6.07) is 22.2. The molecule has 2 aromatic heterocycles. The number of benzene rings is 2. The van der Waals surface area contributed by atoms with Crippen LogP contribution in [-0.2, 0) is 13.2 Å². The standard InChI is InChI=1S/C23H21N5OS/c30-23-27(17-26-13-14-29-21-11-5-4-7-19(21)16-26)25-22(18-8-6-12-24-15-18)28(23)20-9-2-1-3-10-20/h1-12,15H,13-14,16-17H2. The van der Waals surface area contributed by atoms with Crippen molar-refractivity contribution in [2.24, 2.45) is 0 Å². The van der Waals surface area contributed by atoms with E-state index in [1.54, 1.807) is 6.20 Å². The molecule has 1 aliphatic heterocycles. The van der Waals surface area contributed by atoms with E-state index in [4.69, 9.17) is 22.1 Å². The summed E-state index contributed by atoms with van der Waals surface area (Å²) >= 11 is 5.86. The van der Waals surface area contributed by atoms with E-state index in [1.807, 2.05) is 76.1 Å². The summed E-state index contributed by atoms with van der Waals surface area (Å²) in [6.45, 7) is 2.82. The lowest BCUT2D eigenvalue weighted by Crippen LogP contribution is -2.29. The van der Waals surface area contributed by atoms with Gasteiger partial charge in [-0.2, -0.15) is 0 Å². The molecule has 30 heavy (non-hydrogen) atoms. The molecule has 0 unspecified atom stereocenters. The smallest absolute Gasteiger partial charge is 0.204 e. The highest BCUT2D eigenvalue weighted by atomic mass is 32.1. The number of hydrogen-bond acceptors (Lipinski definition) is 5. The quantitative estimate of drug-likeness (QED) is 0.465. The van der Waals surface area contributed by atoms with Crippen molar-refractivity contribution in [3.8, 4) is 22.8 Å². The predicted molar refractivity (Wildman–Crippen MR) is 118 cm³/mol. The summed E-state index contributed by atoms with van der Waals surface area (Å²) in [5, 5.41) is 4.89. The van der Waals surface area contributed by atoms with Crippen molar-refractivity contribution in [3.63, 3.8) is 0 Å². The van der Waals surface area contributed by atoms with E-state index in [0.717, 1.165) is 35.9 Å². The summed E-state index contributed by atoms with van der Waals surface area (Å²) < 4.78 is 10.5. The number of hydrogen-bond donors (Lipinski definition) is 0. The van der Waals surface area contributed by atoms with Gasteiger partial charge in [-0.25, -0.2) is 4.68 Å². The second-order valence-electron chi connectivity index (χ2n) is 7.17. The topological polar surface area (TPSA) is 48.1 Å². The Morgan fingerprint density at radius 3 is 2.63 bits per heavy atom. The highest BCUT2D eigenvalue weighted by Crippen LogP contribution is 2.25. The highest BCUT2D eigenvalue weighted by Gasteiger charge is 2.19.